The third kappa shape index (κ3) is 5.93. The Hall–Kier alpha value is -2.71. The lowest BCUT2D eigenvalue weighted by Gasteiger charge is -2.35. The molecule has 0 unspecified atom stereocenters. The number of carbonyl (C=O) groups is 2. The van der Waals surface area contributed by atoms with Gasteiger partial charge in [-0.1, -0.05) is 51.7 Å². The van der Waals surface area contributed by atoms with E-state index in [1.807, 2.05) is 24.3 Å². The number of nitrogen functional groups attached to an aromatic ring is 1. The van der Waals surface area contributed by atoms with Gasteiger partial charge < -0.3 is 26.4 Å². The van der Waals surface area contributed by atoms with Crippen molar-refractivity contribution in [3.05, 3.63) is 36.0 Å². The standard InChI is InChI=1S/C27H39N5O3/c1-3-17(2)24(31-20-7-5-4-6-8-20)27(35)32-16-21(33)14-23(32)26(34)30-15-18-9-10-22-19(13-18)11-12-29-25(22)28/h9-13,17,20-21,23-24,31,33H,3-8,14-16H2,1-2H3,(H2,28,29)(H,30,34)/t17-,21+,23+,24-/m1/s1. The van der Waals surface area contributed by atoms with Crippen LogP contribution in [-0.2, 0) is 16.1 Å². The summed E-state index contributed by atoms with van der Waals surface area (Å²) in [5.41, 5.74) is 6.87. The van der Waals surface area contributed by atoms with Crippen LogP contribution in [0.2, 0.25) is 0 Å². The summed E-state index contributed by atoms with van der Waals surface area (Å²) in [6.45, 7) is 4.70. The summed E-state index contributed by atoms with van der Waals surface area (Å²) in [7, 11) is 0. The summed E-state index contributed by atoms with van der Waals surface area (Å²) in [5, 5.41) is 18.8. The van der Waals surface area contributed by atoms with Gasteiger partial charge in [-0.25, -0.2) is 4.98 Å². The van der Waals surface area contributed by atoms with E-state index in [1.165, 1.54) is 19.3 Å². The van der Waals surface area contributed by atoms with Crippen molar-refractivity contribution in [2.75, 3.05) is 12.3 Å². The van der Waals surface area contributed by atoms with Gasteiger partial charge in [0.05, 0.1) is 12.1 Å². The Morgan fingerprint density at radius 3 is 2.74 bits per heavy atom. The van der Waals surface area contributed by atoms with Crippen LogP contribution in [0.3, 0.4) is 0 Å². The second-order valence-electron chi connectivity index (χ2n) is 10.2. The predicted molar refractivity (Wildman–Crippen MR) is 137 cm³/mol. The molecule has 4 rings (SSSR count). The molecule has 0 bridgehead atoms. The first-order chi connectivity index (χ1) is 16.9. The largest absolute Gasteiger partial charge is 0.391 e. The van der Waals surface area contributed by atoms with Crippen LogP contribution in [0.15, 0.2) is 30.5 Å². The molecule has 35 heavy (non-hydrogen) atoms. The van der Waals surface area contributed by atoms with Crippen molar-refractivity contribution in [3.8, 4) is 0 Å². The number of hydrogen-bond donors (Lipinski definition) is 4. The fraction of sp³-hybridized carbons (Fsp3) is 0.593. The fourth-order valence-corrected chi connectivity index (χ4v) is 5.39. The Labute approximate surface area is 207 Å². The Morgan fingerprint density at radius 2 is 2.00 bits per heavy atom. The number of nitrogens with one attached hydrogen (secondary N) is 2. The van der Waals surface area contributed by atoms with Crippen LogP contribution >= 0.6 is 0 Å². The van der Waals surface area contributed by atoms with Gasteiger partial charge in [-0.3, -0.25) is 9.59 Å². The SMILES string of the molecule is CC[C@@H](C)[C@@H](NC1CCCCC1)C(=O)N1C[C@@H](O)C[C@H]1C(=O)NCc1ccc2c(N)nccc2c1. The first-order valence-corrected chi connectivity index (χ1v) is 13.0. The van der Waals surface area contributed by atoms with E-state index in [0.717, 1.165) is 35.6 Å². The van der Waals surface area contributed by atoms with Gasteiger partial charge in [-0.15, -0.1) is 0 Å². The van der Waals surface area contributed by atoms with Crippen LogP contribution in [0.25, 0.3) is 10.8 Å². The van der Waals surface area contributed by atoms with Crippen molar-refractivity contribution < 1.29 is 14.7 Å². The summed E-state index contributed by atoms with van der Waals surface area (Å²) < 4.78 is 0. The second kappa shape index (κ2) is 11.4. The van der Waals surface area contributed by atoms with E-state index >= 15 is 0 Å². The second-order valence-corrected chi connectivity index (χ2v) is 10.2. The van der Waals surface area contributed by atoms with Crippen molar-refractivity contribution in [2.24, 2.45) is 5.92 Å². The third-order valence-corrected chi connectivity index (χ3v) is 7.69. The van der Waals surface area contributed by atoms with E-state index in [4.69, 9.17) is 5.73 Å². The fourth-order valence-electron chi connectivity index (χ4n) is 5.39. The van der Waals surface area contributed by atoms with E-state index in [0.29, 0.717) is 18.4 Å². The molecule has 1 aromatic carbocycles. The number of aliphatic hydroxyl groups excluding tert-OH is 1. The summed E-state index contributed by atoms with van der Waals surface area (Å²) in [6.07, 6.45) is 7.88. The summed E-state index contributed by atoms with van der Waals surface area (Å²) in [5.74, 6) is 0.315. The number of amides is 2. The first kappa shape index (κ1) is 25.4. The molecule has 5 N–H and O–H groups in total. The zero-order chi connectivity index (χ0) is 24.9. The van der Waals surface area contributed by atoms with Crippen LogP contribution in [0.5, 0.6) is 0 Å². The van der Waals surface area contributed by atoms with E-state index in [-0.39, 0.29) is 36.7 Å². The number of carbonyl (C=O) groups excluding carboxylic acids is 2. The number of benzene rings is 1. The number of aromatic nitrogens is 1. The maximum absolute atomic E-state index is 13.7. The van der Waals surface area contributed by atoms with Gasteiger partial charge in [0.25, 0.3) is 0 Å². The first-order valence-electron chi connectivity index (χ1n) is 13.0. The highest BCUT2D eigenvalue weighted by molar-refractivity contribution is 5.92. The molecule has 2 heterocycles. The Balaban J connectivity index is 1.43. The smallest absolute Gasteiger partial charge is 0.243 e. The monoisotopic (exact) mass is 481 g/mol. The number of nitrogens with zero attached hydrogens (tertiary/aromatic N) is 2. The zero-order valence-electron chi connectivity index (χ0n) is 20.9. The number of aliphatic hydroxyl groups is 1. The highest BCUT2D eigenvalue weighted by Gasteiger charge is 2.42. The summed E-state index contributed by atoms with van der Waals surface area (Å²) >= 11 is 0. The Morgan fingerprint density at radius 1 is 1.23 bits per heavy atom. The molecule has 1 saturated carbocycles. The maximum Gasteiger partial charge on any atom is 0.243 e. The average molecular weight is 482 g/mol. The van der Waals surface area contributed by atoms with E-state index in [9.17, 15) is 14.7 Å². The van der Waals surface area contributed by atoms with Crippen LogP contribution in [0.4, 0.5) is 5.82 Å². The molecule has 1 saturated heterocycles. The number of anilines is 1. The molecule has 1 aliphatic heterocycles. The van der Waals surface area contributed by atoms with Crippen LogP contribution < -0.4 is 16.4 Å². The molecule has 2 amide bonds. The molecule has 1 aliphatic carbocycles. The minimum atomic E-state index is -0.696. The highest BCUT2D eigenvalue weighted by Crippen LogP contribution is 2.25. The Kier molecular flexibility index (Phi) is 8.23. The summed E-state index contributed by atoms with van der Waals surface area (Å²) in [4.78, 5) is 32.6. The molecule has 2 aliphatic rings. The number of rotatable bonds is 8. The molecule has 2 aromatic rings. The van der Waals surface area contributed by atoms with Crippen LogP contribution in [0, 0.1) is 5.92 Å². The molecule has 2 fully saturated rings. The van der Waals surface area contributed by atoms with Crippen molar-refractivity contribution in [1.29, 1.82) is 0 Å². The molecule has 8 nitrogen and oxygen atoms in total. The lowest BCUT2D eigenvalue weighted by Crippen LogP contribution is -2.56. The molecule has 0 spiro atoms. The van der Waals surface area contributed by atoms with Gasteiger partial charge in [0.2, 0.25) is 11.8 Å². The van der Waals surface area contributed by atoms with Crippen LogP contribution in [-0.4, -0.2) is 57.6 Å². The molecule has 1 aromatic heterocycles. The van der Waals surface area contributed by atoms with E-state index in [1.54, 1.807) is 11.1 Å². The molecule has 4 atom stereocenters. The number of hydrogen-bond acceptors (Lipinski definition) is 6. The Bertz CT molecular complexity index is 1040. The number of pyridine rings is 1. The van der Waals surface area contributed by atoms with E-state index < -0.39 is 12.1 Å². The van der Waals surface area contributed by atoms with Gasteiger partial charge in [-0.05, 0) is 41.8 Å². The summed E-state index contributed by atoms with van der Waals surface area (Å²) in [6, 6.07) is 7.01. The van der Waals surface area contributed by atoms with Gasteiger partial charge in [0.15, 0.2) is 0 Å². The quantitative estimate of drug-likeness (QED) is 0.460. The van der Waals surface area contributed by atoms with E-state index in [2.05, 4.69) is 29.5 Å². The lowest BCUT2D eigenvalue weighted by atomic mass is 9.91. The number of fused-ring (bicyclic) bond motifs is 1. The van der Waals surface area contributed by atoms with Gasteiger partial charge in [0.1, 0.15) is 11.9 Å². The normalized spacial score (nSPS) is 22.8. The molecule has 0 radical (unpaired) electrons. The topological polar surface area (TPSA) is 121 Å². The zero-order valence-corrected chi connectivity index (χ0v) is 20.9. The van der Waals surface area contributed by atoms with Gasteiger partial charge >= 0.3 is 0 Å². The maximum atomic E-state index is 13.7. The molecular formula is C27H39N5O3. The molecule has 190 valence electrons. The van der Waals surface area contributed by atoms with Crippen molar-refractivity contribution in [1.82, 2.24) is 20.5 Å². The van der Waals surface area contributed by atoms with Crippen molar-refractivity contribution >= 4 is 28.4 Å². The highest BCUT2D eigenvalue weighted by atomic mass is 16.3. The van der Waals surface area contributed by atoms with Crippen LogP contribution in [0.1, 0.15) is 64.4 Å². The van der Waals surface area contributed by atoms with Gasteiger partial charge in [0, 0.05) is 37.1 Å². The number of nitrogens with two attached hydrogens (primary N) is 1. The minimum Gasteiger partial charge on any atom is -0.391 e. The molecular weight excluding hydrogens is 442 g/mol. The number of likely N-dealkylation sites (tertiary alicyclic amines) is 1. The van der Waals surface area contributed by atoms with Crippen molar-refractivity contribution in [2.45, 2.75) is 89.6 Å². The number of β-amino-alcohol motifs (C(OH)–C–C–N with tert-alkyl or cyclic N) is 1. The molecule has 8 heteroatoms. The lowest BCUT2D eigenvalue weighted by molar-refractivity contribution is -0.141. The average Bonchev–Trinajstić information content (AvgIpc) is 3.27. The van der Waals surface area contributed by atoms with Gasteiger partial charge in [-0.2, -0.15) is 0 Å². The predicted octanol–water partition coefficient (Wildman–Crippen LogP) is 2.73. The van der Waals surface area contributed by atoms with Crippen molar-refractivity contribution in [3.63, 3.8) is 0 Å². The third-order valence-electron chi connectivity index (χ3n) is 7.69. The minimum absolute atomic E-state index is 0.0738.